The van der Waals surface area contributed by atoms with Gasteiger partial charge in [-0.3, -0.25) is 4.79 Å². The highest BCUT2D eigenvalue weighted by Gasteiger charge is 2.39. The van der Waals surface area contributed by atoms with Crippen LogP contribution in [0, 0.1) is 0 Å². The van der Waals surface area contributed by atoms with Crippen LogP contribution in [0.2, 0.25) is 0 Å². The molecule has 134 valence electrons. The van der Waals surface area contributed by atoms with Crippen LogP contribution in [0.25, 0.3) is 0 Å². The van der Waals surface area contributed by atoms with Crippen molar-refractivity contribution in [2.24, 2.45) is 0 Å². The molecule has 1 saturated heterocycles. The Morgan fingerprint density at radius 2 is 1.88 bits per heavy atom. The minimum absolute atomic E-state index is 0.0407. The molecule has 0 saturated carbocycles. The Labute approximate surface area is 142 Å². The van der Waals surface area contributed by atoms with Crippen LogP contribution in [0.15, 0.2) is 24.3 Å². The van der Waals surface area contributed by atoms with Crippen molar-refractivity contribution in [3.63, 3.8) is 0 Å². The fraction of sp³-hybridized carbons (Fsp3) is 0.533. The normalized spacial score (nSPS) is 23.1. The summed E-state index contributed by atoms with van der Waals surface area (Å²) >= 11 is 0. The average molecular weight is 374 g/mol. The van der Waals surface area contributed by atoms with Crippen LogP contribution in [0.4, 0.5) is 0 Å². The first-order chi connectivity index (χ1) is 11.0. The lowest BCUT2D eigenvalue weighted by atomic mass is 10.0. The third-order valence-corrected chi connectivity index (χ3v) is 6.54. The zero-order valence-corrected chi connectivity index (χ0v) is 15.3. The van der Waals surface area contributed by atoms with E-state index in [1.54, 1.807) is 31.2 Å². The van der Waals surface area contributed by atoms with E-state index in [0.29, 0.717) is 24.9 Å². The van der Waals surface area contributed by atoms with E-state index in [9.17, 15) is 21.6 Å². The number of sulfonamides is 1. The van der Waals surface area contributed by atoms with Crippen molar-refractivity contribution in [2.45, 2.75) is 25.3 Å². The van der Waals surface area contributed by atoms with Crippen molar-refractivity contribution >= 4 is 25.8 Å². The van der Waals surface area contributed by atoms with Gasteiger partial charge in [0.05, 0.1) is 23.3 Å². The summed E-state index contributed by atoms with van der Waals surface area (Å²) in [5.74, 6) is -0.257. The van der Waals surface area contributed by atoms with Crippen LogP contribution >= 0.6 is 0 Å². The quantitative estimate of drug-likeness (QED) is 0.733. The Kier molecular flexibility index (Phi) is 5.36. The summed E-state index contributed by atoms with van der Waals surface area (Å²) in [5.41, 5.74) is 0.617. The maximum Gasteiger partial charge on any atom is 0.251 e. The molecule has 1 atom stereocenters. The van der Waals surface area contributed by atoms with Crippen molar-refractivity contribution in [3.8, 4) is 0 Å². The van der Waals surface area contributed by atoms with Crippen molar-refractivity contribution in [3.05, 3.63) is 35.4 Å². The Bertz CT molecular complexity index is 816. The molecule has 9 heteroatoms. The monoisotopic (exact) mass is 374 g/mol. The Morgan fingerprint density at radius 3 is 2.38 bits per heavy atom. The number of carbonyl (C=O) groups excluding carboxylic acids is 1. The van der Waals surface area contributed by atoms with E-state index in [-0.39, 0.29) is 17.4 Å². The molecule has 1 fully saturated rings. The second kappa shape index (κ2) is 6.81. The fourth-order valence-electron chi connectivity index (χ4n) is 2.66. The largest absolute Gasteiger partial charge is 0.346 e. The second-order valence-corrected chi connectivity index (χ2v) is 10.5. The molecule has 1 aromatic carbocycles. The summed E-state index contributed by atoms with van der Waals surface area (Å²) in [6, 6.07) is 6.81. The zero-order valence-electron chi connectivity index (χ0n) is 13.7. The van der Waals surface area contributed by atoms with E-state index >= 15 is 0 Å². The van der Waals surface area contributed by atoms with Crippen molar-refractivity contribution in [1.82, 2.24) is 10.0 Å². The molecular weight excluding hydrogens is 352 g/mol. The average Bonchev–Trinajstić information content (AvgIpc) is 2.71. The first kappa shape index (κ1) is 18.9. The highest BCUT2D eigenvalue weighted by molar-refractivity contribution is 7.91. The van der Waals surface area contributed by atoms with Gasteiger partial charge in [-0.25, -0.2) is 21.6 Å². The number of hydrogen-bond acceptors (Lipinski definition) is 5. The lowest BCUT2D eigenvalue weighted by Crippen LogP contribution is -2.46. The number of rotatable bonds is 6. The maximum atomic E-state index is 12.3. The van der Waals surface area contributed by atoms with Gasteiger partial charge in [-0.15, -0.1) is 0 Å². The molecule has 0 spiro atoms. The van der Waals surface area contributed by atoms with Crippen LogP contribution in [0.1, 0.15) is 29.3 Å². The van der Waals surface area contributed by atoms with Crippen LogP contribution in [-0.4, -0.2) is 52.6 Å². The lowest BCUT2D eigenvalue weighted by molar-refractivity contribution is 0.0915. The molecular formula is C15H22N2O5S2. The van der Waals surface area contributed by atoms with Crippen molar-refractivity contribution in [2.75, 3.05) is 24.3 Å². The number of sulfone groups is 1. The number of nitrogens with one attached hydrogen (secondary N) is 2. The topological polar surface area (TPSA) is 109 Å². The lowest BCUT2D eigenvalue weighted by Gasteiger charge is -2.23. The number of benzene rings is 1. The van der Waals surface area contributed by atoms with Gasteiger partial charge in [0.1, 0.15) is 0 Å². The van der Waals surface area contributed by atoms with Crippen LogP contribution in [0.5, 0.6) is 0 Å². The van der Waals surface area contributed by atoms with Gasteiger partial charge in [-0.2, -0.15) is 0 Å². The second-order valence-electron chi connectivity index (χ2n) is 6.47. The van der Waals surface area contributed by atoms with Gasteiger partial charge in [-0.05, 0) is 37.5 Å². The molecule has 0 bridgehead atoms. The smallest absolute Gasteiger partial charge is 0.251 e. The third-order valence-electron chi connectivity index (χ3n) is 3.91. The Balaban J connectivity index is 1.94. The van der Waals surface area contributed by atoms with Gasteiger partial charge in [0.15, 0.2) is 9.84 Å². The van der Waals surface area contributed by atoms with Crippen LogP contribution in [0.3, 0.4) is 0 Å². The fourth-order valence-corrected chi connectivity index (χ4v) is 5.22. The highest BCUT2D eigenvalue weighted by Crippen LogP contribution is 2.23. The highest BCUT2D eigenvalue weighted by atomic mass is 32.2. The van der Waals surface area contributed by atoms with Gasteiger partial charge in [0, 0.05) is 12.1 Å². The molecule has 1 aromatic rings. The van der Waals surface area contributed by atoms with Crippen LogP contribution in [-0.2, 0) is 26.3 Å². The molecule has 0 radical (unpaired) electrons. The summed E-state index contributed by atoms with van der Waals surface area (Å²) in [5, 5.41) is 2.80. The molecule has 2 N–H and O–H groups in total. The molecule has 1 unspecified atom stereocenters. The molecule has 1 heterocycles. The van der Waals surface area contributed by atoms with Crippen LogP contribution < -0.4 is 10.0 Å². The van der Waals surface area contributed by atoms with E-state index in [1.165, 1.54) is 0 Å². The summed E-state index contributed by atoms with van der Waals surface area (Å²) in [6.07, 6.45) is 2.03. The predicted molar refractivity (Wildman–Crippen MR) is 92.1 cm³/mol. The van der Waals surface area contributed by atoms with E-state index in [4.69, 9.17) is 0 Å². The molecule has 1 aliphatic heterocycles. The molecule has 0 aromatic heterocycles. The van der Waals surface area contributed by atoms with Gasteiger partial charge < -0.3 is 5.32 Å². The summed E-state index contributed by atoms with van der Waals surface area (Å²) in [6.45, 7) is 2.03. The number of carbonyl (C=O) groups is 1. The Morgan fingerprint density at radius 1 is 1.25 bits per heavy atom. The molecule has 0 aliphatic carbocycles. The van der Waals surface area contributed by atoms with E-state index < -0.39 is 25.4 Å². The molecule has 1 amide bonds. The number of amides is 1. The third kappa shape index (κ3) is 5.57. The maximum absolute atomic E-state index is 12.3. The Hall–Kier alpha value is -1.45. The van der Waals surface area contributed by atoms with Crippen molar-refractivity contribution < 1.29 is 21.6 Å². The van der Waals surface area contributed by atoms with E-state index in [0.717, 1.165) is 11.8 Å². The first-order valence-corrected chi connectivity index (χ1v) is 11.3. The van der Waals surface area contributed by atoms with E-state index in [2.05, 4.69) is 10.0 Å². The summed E-state index contributed by atoms with van der Waals surface area (Å²) in [7, 11) is -6.29. The van der Waals surface area contributed by atoms with Gasteiger partial charge in [-0.1, -0.05) is 12.1 Å². The zero-order chi connectivity index (χ0) is 18.0. The standard InChI is InChI=1S/C15H22N2O5S2/c1-15(8-10-24(21,22)11-15)17-14(18)13-5-3-12(4-6-13)7-9-16-23(2,19)20/h3-6,16H,7-11H2,1-2H3,(H,17,18). The molecule has 7 nitrogen and oxygen atoms in total. The van der Waals surface area contributed by atoms with Gasteiger partial charge in [0.2, 0.25) is 10.0 Å². The summed E-state index contributed by atoms with van der Waals surface area (Å²) in [4.78, 5) is 12.3. The molecule has 1 aliphatic rings. The molecule has 24 heavy (non-hydrogen) atoms. The van der Waals surface area contributed by atoms with Crippen molar-refractivity contribution in [1.29, 1.82) is 0 Å². The van der Waals surface area contributed by atoms with Gasteiger partial charge in [0.25, 0.3) is 5.91 Å². The van der Waals surface area contributed by atoms with Gasteiger partial charge >= 0.3 is 0 Å². The van der Waals surface area contributed by atoms with E-state index in [1.807, 2.05) is 0 Å². The number of hydrogen-bond donors (Lipinski definition) is 2. The predicted octanol–water partition coefficient (Wildman–Crippen LogP) is 0.0853. The summed E-state index contributed by atoms with van der Waals surface area (Å²) < 4.78 is 47.6. The minimum Gasteiger partial charge on any atom is -0.346 e. The SMILES string of the molecule is CC1(NC(=O)c2ccc(CCNS(C)(=O)=O)cc2)CCS(=O)(=O)C1. The first-order valence-electron chi connectivity index (χ1n) is 7.55. The minimum atomic E-state index is -3.21. The molecule has 2 rings (SSSR count).